The van der Waals surface area contributed by atoms with Gasteiger partial charge in [-0.25, -0.2) is 8.78 Å². The third-order valence-corrected chi connectivity index (χ3v) is 2.30. The smallest absolute Gasteiger partial charge is 0.244 e. The Morgan fingerprint density at radius 3 is 2.61 bits per heavy atom. The van der Waals surface area contributed by atoms with Gasteiger partial charge in [-0.05, 0) is 18.6 Å². The van der Waals surface area contributed by atoms with Gasteiger partial charge in [-0.3, -0.25) is 0 Å². The summed E-state index contributed by atoms with van der Waals surface area (Å²) < 4.78 is 31.0. The third-order valence-electron chi connectivity index (χ3n) is 2.30. The second kappa shape index (κ2) is 5.05. The van der Waals surface area contributed by atoms with Gasteiger partial charge in [0.25, 0.3) is 0 Å². The van der Waals surface area contributed by atoms with Crippen molar-refractivity contribution in [3.63, 3.8) is 0 Å². The summed E-state index contributed by atoms with van der Waals surface area (Å²) in [7, 11) is 0. The standard InChI is InChI=1S/C12H11F2N3O/c1-2-3-10(15)12-16-11(17-18-12)7-4-8(13)6-9(14)5-7/h2,4-6,10H,1,3,15H2. The van der Waals surface area contributed by atoms with Crippen LogP contribution in [0, 0.1) is 11.6 Å². The van der Waals surface area contributed by atoms with Crippen LogP contribution in [0.3, 0.4) is 0 Å². The second-order valence-electron chi connectivity index (χ2n) is 3.75. The van der Waals surface area contributed by atoms with E-state index in [1.165, 1.54) is 0 Å². The number of hydrogen-bond donors (Lipinski definition) is 1. The van der Waals surface area contributed by atoms with Crippen molar-refractivity contribution in [3.8, 4) is 11.4 Å². The Balaban J connectivity index is 2.31. The third kappa shape index (κ3) is 2.60. The van der Waals surface area contributed by atoms with Gasteiger partial charge in [0.1, 0.15) is 11.6 Å². The molecule has 94 valence electrons. The SMILES string of the molecule is C=CCC(N)c1nc(-c2cc(F)cc(F)c2)no1. The van der Waals surface area contributed by atoms with Crippen LogP contribution in [0.25, 0.3) is 11.4 Å². The predicted octanol–water partition coefficient (Wildman–Crippen LogP) is 2.59. The zero-order chi connectivity index (χ0) is 13.1. The van der Waals surface area contributed by atoms with Crippen molar-refractivity contribution in [2.45, 2.75) is 12.5 Å². The molecule has 2 aromatic rings. The van der Waals surface area contributed by atoms with Crippen molar-refractivity contribution in [3.05, 3.63) is 48.4 Å². The Hall–Kier alpha value is -2.08. The molecule has 1 atom stereocenters. The quantitative estimate of drug-likeness (QED) is 0.848. The maximum atomic E-state index is 13.0. The van der Waals surface area contributed by atoms with E-state index >= 15 is 0 Å². The van der Waals surface area contributed by atoms with E-state index in [0.29, 0.717) is 6.42 Å². The first-order valence-corrected chi connectivity index (χ1v) is 5.26. The molecule has 2 rings (SSSR count). The number of nitrogens with two attached hydrogens (primary N) is 1. The molecule has 0 saturated heterocycles. The molecule has 0 aliphatic rings. The van der Waals surface area contributed by atoms with Crippen LogP contribution in [0.2, 0.25) is 0 Å². The summed E-state index contributed by atoms with van der Waals surface area (Å²) in [5.74, 6) is -1.10. The Morgan fingerprint density at radius 1 is 1.33 bits per heavy atom. The molecule has 0 saturated carbocycles. The van der Waals surface area contributed by atoms with Gasteiger partial charge in [0, 0.05) is 11.6 Å². The van der Waals surface area contributed by atoms with Crippen LogP contribution in [0.4, 0.5) is 8.78 Å². The maximum Gasteiger partial charge on any atom is 0.244 e. The molecular weight excluding hydrogens is 240 g/mol. The lowest BCUT2D eigenvalue weighted by Gasteiger charge is -2.00. The second-order valence-corrected chi connectivity index (χ2v) is 3.75. The van der Waals surface area contributed by atoms with Gasteiger partial charge in [-0.2, -0.15) is 4.98 Å². The Bertz CT molecular complexity index is 548. The lowest BCUT2D eigenvalue weighted by Crippen LogP contribution is -2.09. The minimum absolute atomic E-state index is 0.0999. The average Bonchev–Trinajstić information content (AvgIpc) is 2.77. The number of benzene rings is 1. The van der Waals surface area contributed by atoms with Crippen LogP contribution in [0.1, 0.15) is 18.4 Å². The van der Waals surface area contributed by atoms with Crippen molar-refractivity contribution in [2.24, 2.45) is 5.73 Å². The zero-order valence-corrected chi connectivity index (χ0v) is 9.44. The lowest BCUT2D eigenvalue weighted by atomic mass is 10.2. The van der Waals surface area contributed by atoms with Crippen molar-refractivity contribution < 1.29 is 13.3 Å². The Labute approximate surface area is 102 Å². The number of rotatable bonds is 4. The van der Waals surface area contributed by atoms with Crippen molar-refractivity contribution >= 4 is 0 Å². The molecule has 1 unspecified atom stereocenters. The first-order chi connectivity index (χ1) is 8.60. The average molecular weight is 251 g/mol. The summed E-state index contributed by atoms with van der Waals surface area (Å²) in [5.41, 5.74) is 5.94. The van der Waals surface area contributed by atoms with Crippen molar-refractivity contribution in [2.75, 3.05) is 0 Å². The van der Waals surface area contributed by atoms with E-state index in [9.17, 15) is 8.78 Å². The molecule has 0 radical (unpaired) electrons. The van der Waals surface area contributed by atoms with Crippen LogP contribution in [-0.2, 0) is 0 Å². The molecular formula is C12H11F2N3O. The molecule has 2 N–H and O–H groups in total. The van der Waals surface area contributed by atoms with E-state index in [2.05, 4.69) is 16.7 Å². The van der Waals surface area contributed by atoms with E-state index in [1.807, 2.05) is 0 Å². The molecule has 18 heavy (non-hydrogen) atoms. The fraction of sp³-hybridized carbons (Fsp3) is 0.167. The molecule has 0 fully saturated rings. The van der Waals surface area contributed by atoms with Crippen LogP contribution < -0.4 is 5.73 Å². The monoisotopic (exact) mass is 251 g/mol. The molecule has 1 heterocycles. The van der Waals surface area contributed by atoms with Gasteiger partial charge in [0.05, 0.1) is 6.04 Å². The summed E-state index contributed by atoms with van der Waals surface area (Å²) in [6, 6.07) is 2.55. The molecule has 1 aromatic heterocycles. The topological polar surface area (TPSA) is 64.9 Å². The van der Waals surface area contributed by atoms with E-state index in [1.54, 1.807) is 6.08 Å². The number of halogens is 2. The van der Waals surface area contributed by atoms with Crippen LogP contribution in [0.5, 0.6) is 0 Å². The zero-order valence-electron chi connectivity index (χ0n) is 9.44. The summed E-state index contributed by atoms with van der Waals surface area (Å²) in [6.07, 6.45) is 2.09. The van der Waals surface area contributed by atoms with Crippen molar-refractivity contribution in [1.29, 1.82) is 0 Å². The fourth-order valence-electron chi connectivity index (χ4n) is 1.47. The van der Waals surface area contributed by atoms with Crippen molar-refractivity contribution in [1.82, 2.24) is 10.1 Å². The van der Waals surface area contributed by atoms with Gasteiger partial charge >= 0.3 is 0 Å². The van der Waals surface area contributed by atoms with Gasteiger partial charge in [-0.15, -0.1) is 6.58 Å². The number of aromatic nitrogens is 2. The van der Waals surface area contributed by atoms with E-state index in [0.717, 1.165) is 18.2 Å². The molecule has 0 bridgehead atoms. The predicted molar refractivity (Wildman–Crippen MR) is 61.4 cm³/mol. The highest BCUT2D eigenvalue weighted by atomic mass is 19.1. The van der Waals surface area contributed by atoms with Gasteiger partial charge in [0.2, 0.25) is 11.7 Å². The molecule has 0 spiro atoms. The van der Waals surface area contributed by atoms with Gasteiger partial charge < -0.3 is 10.3 Å². The molecule has 6 heteroatoms. The Kier molecular flexibility index (Phi) is 3.47. The fourth-order valence-corrected chi connectivity index (χ4v) is 1.47. The van der Waals surface area contributed by atoms with E-state index in [-0.39, 0.29) is 17.3 Å². The molecule has 0 aliphatic carbocycles. The summed E-state index contributed by atoms with van der Waals surface area (Å²) in [6.45, 7) is 3.55. The maximum absolute atomic E-state index is 13.0. The molecule has 0 amide bonds. The minimum Gasteiger partial charge on any atom is -0.337 e. The first kappa shape index (κ1) is 12.4. The normalized spacial score (nSPS) is 12.4. The van der Waals surface area contributed by atoms with Gasteiger partial charge in [-0.1, -0.05) is 11.2 Å². The van der Waals surface area contributed by atoms with Crippen LogP contribution >= 0.6 is 0 Å². The van der Waals surface area contributed by atoms with E-state index in [4.69, 9.17) is 10.3 Å². The summed E-state index contributed by atoms with van der Waals surface area (Å²) in [4.78, 5) is 4.00. The first-order valence-electron chi connectivity index (χ1n) is 5.26. The minimum atomic E-state index is -0.702. The van der Waals surface area contributed by atoms with E-state index < -0.39 is 17.7 Å². The highest BCUT2D eigenvalue weighted by Gasteiger charge is 2.15. The van der Waals surface area contributed by atoms with Gasteiger partial charge in [0.15, 0.2) is 0 Å². The lowest BCUT2D eigenvalue weighted by molar-refractivity contribution is 0.356. The summed E-state index contributed by atoms with van der Waals surface area (Å²) in [5, 5.41) is 3.64. The number of nitrogens with zero attached hydrogens (tertiary/aromatic N) is 2. The molecule has 4 nitrogen and oxygen atoms in total. The molecule has 0 aliphatic heterocycles. The largest absolute Gasteiger partial charge is 0.337 e. The Morgan fingerprint density at radius 2 is 2.00 bits per heavy atom. The highest BCUT2D eigenvalue weighted by molar-refractivity contribution is 5.54. The van der Waals surface area contributed by atoms with Crippen LogP contribution in [-0.4, -0.2) is 10.1 Å². The molecule has 1 aromatic carbocycles. The summed E-state index contributed by atoms with van der Waals surface area (Å²) >= 11 is 0. The number of hydrogen-bond acceptors (Lipinski definition) is 4. The highest BCUT2D eigenvalue weighted by Crippen LogP contribution is 2.21. The van der Waals surface area contributed by atoms with Crippen LogP contribution in [0.15, 0.2) is 35.4 Å².